The maximum Gasteiger partial charge on any atom is 0.115 e. The highest BCUT2D eigenvalue weighted by molar-refractivity contribution is 6.37. The van der Waals surface area contributed by atoms with E-state index < -0.39 is 5.41 Å². The average Bonchev–Trinajstić information content (AvgIpc) is 2.15. The van der Waals surface area contributed by atoms with Crippen LogP contribution in [0.15, 0.2) is 280 Å². The molecular formula is C77H46N8. The summed E-state index contributed by atoms with van der Waals surface area (Å²) in [6, 6.07) is 93.2. The minimum Gasteiger partial charge on any atom is -0.307 e. The molecule has 0 radical (unpaired) electrons. The van der Waals surface area contributed by atoms with Gasteiger partial charge in [0.25, 0.3) is 0 Å². The van der Waals surface area contributed by atoms with Crippen LogP contribution in [-0.4, -0.2) is 38.2 Å². The number of para-hydroxylation sites is 6. The van der Waals surface area contributed by atoms with Crippen LogP contribution in [0.5, 0.6) is 0 Å². The van der Waals surface area contributed by atoms with Crippen molar-refractivity contribution in [2.75, 3.05) is 0 Å². The molecule has 1 aliphatic carbocycles. The summed E-state index contributed by atoms with van der Waals surface area (Å²) >= 11 is 0. The van der Waals surface area contributed by atoms with Crippen molar-refractivity contribution in [1.29, 1.82) is 0 Å². The lowest BCUT2D eigenvalue weighted by atomic mass is 9.67. The van der Waals surface area contributed by atoms with Gasteiger partial charge in [-0.2, -0.15) is 0 Å². The zero-order valence-corrected chi connectivity index (χ0v) is 45.6. The summed E-state index contributed by atoms with van der Waals surface area (Å²) in [5.74, 6) is 0. The molecule has 6 heterocycles. The second kappa shape index (κ2) is 17.3. The standard InChI is InChI=1S/C77H46N8/c1-3-19-49(20-4-1)82-61-31-15-9-25-55(61)65-67-57-27-11-17-33-63(57)84(75(67)71-69(73(65)82)78-43-45-80-71)51-39-35-47(36-40-51)77(59-29-13-7-23-53(59)54-24-8-14-30-60(54)77)48-37-41-52(42-38-48)85-64-34-18-12-28-58(64)68-66-56-26-10-16-32-62(56)83(50-21-5-2-6-22-50)74(66)70-72(76(68)85)81-46-44-79-70/h1-46H. The Balaban J connectivity index is 0.841. The first-order chi connectivity index (χ1) is 42.3. The second-order valence-corrected chi connectivity index (χ2v) is 22.4. The fraction of sp³-hybridized carbons (Fsp3) is 0.0130. The highest BCUT2D eigenvalue weighted by Gasteiger charge is 2.46. The van der Waals surface area contributed by atoms with E-state index >= 15 is 0 Å². The van der Waals surface area contributed by atoms with E-state index in [2.05, 4.69) is 273 Å². The van der Waals surface area contributed by atoms with Crippen molar-refractivity contribution >= 4 is 109 Å². The van der Waals surface area contributed by atoms with E-state index in [-0.39, 0.29) is 0 Å². The minimum atomic E-state index is -0.668. The Labute approximate surface area is 486 Å². The summed E-state index contributed by atoms with van der Waals surface area (Å²) in [6.45, 7) is 0. The van der Waals surface area contributed by atoms with Gasteiger partial charge in [-0.1, -0.05) is 182 Å². The topological polar surface area (TPSA) is 71.3 Å². The van der Waals surface area contributed by atoms with E-state index in [4.69, 9.17) is 19.9 Å². The molecule has 0 saturated carbocycles. The Morgan fingerprint density at radius 3 is 0.812 bits per heavy atom. The molecule has 12 aromatic carbocycles. The van der Waals surface area contributed by atoms with Crippen molar-refractivity contribution in [3.8, 4) is 33.9 Å². The van der Waals surface area contributed by atoms with Crippen molar-refractivity contribution in [3.05, 3.63) is 302 Å². The van der Waals surface area contributed by atoms with Gasteiger partial charge in [0, 0.05) is 90.6 Å². The van der Waals surface area contributed by atoms with Crippen LogP contribution in [0.25, 0.3) is 143 Å². The first-order valence-corrected chi connectivity index (χ1v) is 29.0. The SMILES string of the molecule is c1ccc(-n2c3ccccc3c3c4c5ccccc5n(-c5ccc(C6(c7ccc(-n8c9ccccc9c9c%10c%11ccccc%11n(-c%11ccccc%11)c%10c%10nccnc%10c98)cc7)c7ccccc7-c7ccccc76)cc5)c4c4nccnc4c32)cc1. The first-order valence-electron chi connectivity index (χ1n) is 29.0. The van der Waals surface area contributed by atoms with E-state index in [1.165, 1.54) is 54.9 Å². The van der Waals surface area contributed by atoms with Crippen LogP contribution < -0.4 is 0 Å². The molecule has 0 N–H and O–H groups in total. The summed E-state index contributed by atoms with van der Waals surface area (Å²) in [6.07, 6.45) is 7.32. The molecule has 8 heteroatoms. The highest BCUT2D eigenvalue weighted by Crippen LogP contribution is 2.57. The van der Waals surface area contributed by atoms with E-state index in [1.807, 2.05) is 24.8 Å². The van der Waals surface area contributed by atoms with Crippen LogP contribution >= 0.6 is 0 Å². The zero-order chi connectivity index (χ0) is 55.5. The van der Waals surface area contributed by atoms with Gasteiger partial charge in [0.05, 0.1) is 49.5 Å². The number of fused-ring (bicyclic) bond motifs is 23. The van der Waals surface area contributed by atoms with Crippen LogP contribution in [-0.2, 0) is 5.41 Å². The molecule has 0 saturated heterocycles. The van der Waals surface area contributed by atoms with Gasteiger partial charge >= 0.3 is 0 Å². The van der Waals surface area contributed by atoms with Crippen molar-refractivity contribution in [2.45, 2.75) is 5.41 Å². The van der Waals surface area contributed by atoms with Crippen LogP contribution in [0.4, 0.5) is 0 Å². The van der Waals surface area contributed by atoms with Gasteiger partial charge in [-0.05, 0) is 106 Å². The third kappa shape index (κ3) is 6.03. The van der Waals surface area contributed by atoms with Crippen molar-refractivity contribution in [1.82, 2.24) is 38.2 Å². The second-order valence-electron chi connectivity index (χ2n) is 22.4. The van der Waals surface area contributed by atoms with Gasteiger partial charge in [-0.15, -0.1) is 0 Å². The summed E-state index contributed by atoms with van der Waals surface area (Å²) < 4.78 is 9.58. The number of rotatable bonds is 6. The Hall–Kier alpha value is -11.5. The van der Waals surface area contributed by atoms with E-state index in [1.54, 1.807) is 0 Å². The van der Waals surface area contributed by atoms with Crippen molar-refractivity contribution in [2.24, 2.45) is 0 Å². The fourth-order valence-electron chi connectivity index (χ4n) is 15.2. The molecule has 8 nitrogen and oxygen atoms in total. The zero-order valence-electron chi connectivity index (χ0n) is 45.6. The van der Waals surface area contributed by atoms with Crippen LogP contribution in [0, 0.1) is 0 Å². The third-order valence-corrected chi connectivity index (χ3v) is 18.4. The third-order valence-electron chi connectivity index (χ3n) is 18.4. The monoisotopic (exact) mass is 1080 g/mol. The predicted octanol–water partition coefficient (Wildman–Crippen LogP) is 18.3. The molecule has 394 valence electrons. The fourth-order valence-corrected chi connectivity index (χ4v) is 15.2. The van der Waals surface area contributed by atoms with Gasteiger partial charge in [0.1, 0.15) is 22.1 Å². The van der Waals surface area contributed by atoms with E-state index in [9.17, 15) is 0 Å². The number of benzene rings is 12. The van der Waals surface area contributed by atoms with Gasteiger partial charge in [0.2, 0.25) is 0 Å². The molecular weight excluding hydrogens is 1040 g/mol. The van der Waals surface area contributed by atoms with Crippen LogP contribution in [0.2, 0.25) is 0 Å². The Kier molecular flexibility index (Phi) is 9.38. The maximum absolute atomic E-state index is 5.23. The normalized spacial score (nSPS) is 13.0. The largest absolute Gasteiger partial charge is 0.307 e. The van der Waals surface area contributed by atoms with Crippen LogP contribution in [0.3, 0.4) is 0 Å². The van der Waals surface area contributed by atoms with Crippen molar-refractivity contribution in [3.63, 3.8) is 0 Å². The van der Waals surface area contributed by atoms with Gasteiger partial charge in [0.15, 0.2) is 0 Å². The Bertz CT molecular complexity index is 5470. The van der Waals surface area contributed by atoms with Gasteiger partial charge in [-0.25, -0.2) is 0 Å². The summed E-state index contributed by atoms with van der Waals surface area (Å²) in [4.78, 5) is 20.8. The smallest absolute Gasteiger partial charge is 0.115 e. The molecule has 18 aromatic rings. The molecule has 0 unspecified atom stereocenters. The van der Waals surface area contributed by atoms with E-state index in [0.717, 1.165) is 110 Å². The summed E-state index contributed by atoms with van der Waals surface area (Å²) in [5, 5.41) is 9.34. The predicted molar refractivity (Wildman–Crippen MR) is 347 cm³/mol. The molecule has 0 amide bonds. The lowest BCUT2D eigenvalue weighted by molar-refractivity contribution is 0.767. The summed E-state index contributed by atoms with van der Waals surface area (Å²) in [7, 11) is 0. The maximum atomic E-state index is 5.23. The van der Waals surface area contributed by atoms with Crippen molar-refractivity contribution < 1.29 is 0 Å². The summed E-state index contributed by atoms with van der Waals surface area (Å²) in [5.41, 5.74) is 23.0. The average molecular weight is 1080 g/mol. The van der Waals surface area contributed by atoms with Crippen LogP contribution in [0.1, 0.15) is 22.3 Å². The molecule has 85 heavy (non-hydrogen) atoms. The van der Waals surface area contributed by atoms with E-state index in [0.29, 0.717) is 0 Å². The number of aromatic nitrogens is 8. The lowest BCUT2D eigenvalue weighted by Crippen LogP contribution is -2.28. The number of nitrogens with zero attached hydrogens (tertiary/aromatic N) is 8. The minimum absolute atomic E-state index is 0.668. The quantitative estimate of drug-likeness (QED) is 0.166. The molecule has 6 aromatic heterocycles. The molecule has 19 rings (SSSR count). The molecule has 0 spiro atoms. The highest BCUT2D eigenvalue weighted by atomic mass is 15.0. The first kappa shape index (κ1) is 46.2. The number of hydrogen-bond acceptors (Lipinski definition) is 4. The molecule has 0 bridgehead atoms. The lowest BCUT2D eigenvalue weighted by Gasteiger charge is -2.34. The Morgan fingerprint density at radius 1 is 0.235 bits per heavy atom. The molecule has 0 fully saturated rings. The van der Waals surface area contributed by atoms with Gasteiger partial charge in [-0.3, -0.25) is 19.9 Å². The molecule has 0 atom stereocenters. The van der Waals surface area contributed by atoms with Gasteiger partial charge < -0.3 is 18.3 Å². The Morgan fingerprint density at radius 2 is 0.494 bits per heavy atom. The number of hydrogen-bond donors (Lipinski definition) is 0. The molecule has 0 aliphatic heterocycles. The molecule has 1 aliphatic rings.